The van der Waals surface area contributed by atoms with Crippen molar-refractivity contribution < 1.29 is 23.0 Å². The van der Waals surface area contributed by atoms with Crippen molar-refractivity contribution in [2.24, 2.45) is 11.1 Å². The molecular formula is C16H23ClF2N2O3. The predicted octanol–water partition coefficient (Wildman–Crippen LogP) is 2.64. The lowest BCUT2D eigenvalue weighted by molar-refractivity contribution is -0.136. The fourth-order valence-corrected chi connectivity index (χ4v) is 2.66. The third-order valence-electron chi connectivity index (χ3n) is 4.28. The van der Waals surface area contributed by atoms with E-state index in [2.05, 4.69) is 10.1 Å². The molecule has 5 nitrogen and oxygen atoms in total. The van der Waals surface area contributed by atoms with Crippen molar-refractivity contribution in [2.45, 2.75) is 32.4 Å². The SMILES string of the molecule is CC(NC(=O)C1(CN)CCOCC1)c1ccc(OC(F)F)cc1.Cl. The Morgan fingerprint density at radius 1 is 1.33 bits per heavy atom. The second kappa shape index (κ2) is 9.15. The summed E-state index contributed by atoms with van der Waals surface area (Å²) >= 11 is 0. The van der Waals surface area contributed by atoms with Gasteiger partial charge in [0.05, 0.1) is 11.5 Å². The van der Waals surface area contributed by atoms with E-state index >= 15 is 0 Å². The summed E-state index contributed by atoms with van der Waals surface area (Å²) in [6, 6.07) is 5.97. The Morgan fingerprint density at radius 3 is 2.42 bits per heavy atom. The highest BCUT2D eigenvalue weighted by Crippen LogP contribution is 2.30. The lowest BCUT2D eigenvalue weighted by Gasteiger charge is -2.35. The molecule has 0 bridgehead atoms. The third-order valence-corrected chi connectivity index (χ3v) is 4.28. The molecule has 1 aliphatic rings. The smallest absolute Gasteiger partial charge is 0.387 e. The average molecular weight is 365 g/mol. The van der Waals surface area contributed by atoms with E-state index in [1.54, 1.807) is 12.1 Å². The summed E-state index contributed by atoms with van der Waals surface area (Å²) in [7, 11) is 0. The van der Waals surface area contributed by atoms with Crippen molar-refractivity contribution >= 4 is 18.3 Å². The van der Waals surface area contributed by atoms with Crippen LogP contribution in [-0.4, -0.2) is 32.3 Å². The van der Waals surface area contributed by atoms with Crippen molar-refractivity contribution in [1.82, 2.24) is 5.32 Å². The Kier molecular flexibility index (Phi) is 7.86. The molecule has 0 spiro atoms. The van der Waals surface area contributed by atoms with Crippen LogP contribution in [0.3, 0.4) is 0 Å². The van der Waals surface area contributed by atoms with Crippen LogP contribution in [0, 0.1) is 5.41 Å². The summed E-state index contributed by atoms with van der Waals surface area (Å²) in [5.41, 5.74) is 6.03. The van der Waals surface area contributed by atoms with Gasteiger partial charge in [-0.3, -0.25) is 4.79 Å². The molecule has 1 aliphatic heterocycles. The zero-order valence-corrected chi connectivity index (χ0v) is 14.3. The third kappa shape index (κ3) is 5.03. The van der Waals surface area contributed by atoms with Crippen LogP contribution >= 0.6 is 12.4 Å². The highest BCUT2D eigenvalue weighted by atomic mass is 35.5. The topological polar surface area (TPSA) is 73.6 Å². The number of amides is 1. The first-order valence-electron chi connectivity index (χ1n) is 7.60. The van der Waals surface area contributed by atoms with Crippen molar-refractivity contribution in [3.63, 3.8) is 0 Å². The molecule has 0 radical (unpaired) electrons. The van der Waals surface area contributed by atoms with Gasteiger partial charge in [0.1, 0.15) is 5.75 Å². The minimum Gasteiger partial charge on any atom is -0.435 e. The Hall–Kier alpha value is -1.44. The predicted molar refractivity (Wildman–Crippen MR) is 88.4 cm³/mol. The maximum absolute atomic E-state index is 12.6. The molecule has 0 aromatic heterocycles. The zero-order valence-electron chi connectivity index (χ0n) is 13.5. The van der Waals surface area contributed by atoms with Crippen molar-refractivity contribution in [3.8, 4) is 5.75 Å². The van der Waals surface area contributed by atoms with E-state index in [1.165, 1.54) is 12.1 Å². The van der Waals surface area contributed by atoms with E-state index in [4.69, 9.17) is 10.5 Å². The van der Waals surface area contributed by atoms with Crippen molar-refractivity contribution in [2.75, 3.05) is 19.8 Å². The van der Waals surface area contributed by atoms with Gasteiger partial charge in [0, 0.05) is 19.8 Å². The minimum absolute atomic E-state index is 0. The molecule has 1 saturated heterocycles. The molecule has 1 unspecified atom stereocenters. The fourth-order valence-electron chi connectivity index (χ4n) is 2.66. The number of benzene rings is 1. The van der Waals surface area contributed by atoms with Crippen LogP contribution in [0.1, 0.15) is 31.4 Å². The fraction of sp³-hybridized carbons (Fsp3) is 0.562. The molecule has 1 atom stereocenters. The first-order valence-corrected chi connectivity index (χ1v) is 7.60. The molecule has 136 valence electrons. The summed E-state index contributed by atoms with van der Waals surface area (Å²) in [6.45, 7) is 0.314. The molecule has 0 aliphatic carbocycles. The molecule has 8 heteroatoms. The number of carbonyl (C=O) groups excluding carboxylic acids is 1. The highest BCUT2D eigenvalue weighted by Gasteiger charge is 2.39. The summed E-state index contributed by atoms with van der Waals surface area (Å²) in [5, 5.41) is 2.95. The van der Waals surface area contributed by atoms with Crippen LogP contribution in [0.5, 0.6) is 5.75 Å². The Labute approximate surface area is 146 Å². The number of hydrogen-bond donors (Lipinski definition) is 2. The van der Waals surface area contributed by atoms with Crippen molar-refractivity contribution in [1.29, 1.82) is 0 Å². The lowest BCUT2D eigenvalue weighted by atomic mass is 9.79. The Morgan fingerprint density at radius 2 is 1.92 bits per heavy atom. The van der Waals surface area contributed by atoms with E-state index < -0.39 is 12.0 Å². The van der Waals surface area contributed by atoms with Gasteiger partial charge in [0.15, 0.2) is 0 Å². The van der Waals surface area contributed by atoms with Crippen LogP contribution in [0.25, 0.3) is 0 Å². The highest BCUT2D eigenvalue weighted by molar-refractivity contribution is 5.85. The zero-order chi connectivity index (χ0) is 16.9. The monoisotopic (exact) mass is 364 g/mol. The van der Waals surface area contributed by atoms with Crippen LogP contribution in [0.15, 0.2) is 24.3 Å². The molecule has 3 N–H and O–H groups in total. The maximum Gasteiger partial charge on any atom is 0.387 e. The second-order valence-corrected chi connectivity index (χ2v) is 5.74. The molecule has 24 heavy (non-hydrogen) atoms. The Balaban J connectivity index is 0.00000288. The summed E-state index contributed by atoms with van der Waals surface area (Å²) < 4.78 is 33.9. The van der Waals surface area contributed by atoms with E-state index in [-0.39, 0.29) is 36.7 Å². The van der Waals surface area contributed by atoms with Gasteiger partial charge in [-0.1, -0.05) is 12.1 Å². The first-order chi connectivity index (χ1) is 11.0. The van der Waals surface area contributed by atoms with Gasteiger partial charge in [-0.2, -0.15) is 8.78 Å². The minimum atomic E-state index is -2.85. The van der Waals surface area contributed by atoms with E-state index in [0.29, 0.717) is 26.1 Å². The molecule has 1 aromatic carbocycles. The van der Waals surface area contributed by atoms with Gasteiger partial charge in [-0.15, -0.1) is 12.4 Å². The standard InChI is InChI=1S/C16H22F2N2O3.ClH/c1-11(12-2-4-13(5-3-12)23-15(17)18)20-14(21)16(10-19)6-8-22-9-7-16;/h2-5,11,15H,6-10,19H2,1H3,(H,20,21);1H. The van der Waals surface area contributed by atoms with Gasteiger partial charge in [0.25, 0.3) is 0 Å². The van der Waals surface area contributed by atoms with Crippen LogP contribution < -0.4 is 15.8 Å². The van der Waals surface area contributed by atoms with E-state index in [0.717, 1.165) is 5.56 Å². The van der Waals surface area contributed by atoms with E-state index in [1.807, 2.05) is 6.92 Å². The normalized spacial score (nSPS) is 17.7. The van der Waals surface area contributed by atoms with Crippen LogP contribution in [-0.2, 0) is 9.53 Å². The number of nitrogens with one attached hydrogen (secondary N) is 1. The number of halogens is 3. The summed E-state index contributed by atoms with van der Waals surface area (Å²) in [4.78, 5) is 12.6. The molecule has 1 aromatic rings. The summed E-state index contributed by atoms with van der Waals surface area (Å²) in [5.74, 6) is -0.00570. The van der Waals surface area contributed by atoms with Crippen molar-refractivity contribution in [3.05, 3.63) is 29.8 Å². The molecule has 0 saturated carbocycles. The maximum atomic E-state index is 12.6. The number of hydrogen-bond acceptors (Lipinski definition) is 4. The van der Waals surface area contributed by atoms with Gasteiger partial charge >= 0.3 is 6.61 Å². The van der Waals surface area contributed by atoms with Gasteiger partial charge in [0.2, 0.25) is 5.91 Å². The van der Waals surface area contributed by atoms with Crippen LogP contribution in [0.2, 0.25) is 0 Å². The number of rotatable bonds is 6. The number of nitrogens with two attached hydrogens (primary N) is 1. The molecule has 1 amide bonds. The number of alkyl halides is 2. The molecule has 1 fully saturated rings. The number of ether oxygens (including phenoxy) is 2. The molecule has 2 rings (SSSR count). The average Bonchev–Trinajstić information content (AvgIpc) is 2.55. The lowest BCUT2D eigenvalue weighted by Crippen LogP contribution is -2.49. The van der Waals surface area contributed by atoms with E-state index in [9.17, 15) is 13.6 Å². The largest absolute Gasteiger partial charge is 0.435 e. The Bertz CT molecular complexity index is 523. The van der Waals surface area contributed by atoms with Gasteiger partial charge in [-0.05, 0) is 37.5 Å². The second-order valence-electron chi connectivity index (χ2n) is 5.74. The van der Waals surface area contributed by atoms with Gasteiger partial charge < -0.3 is 20.5 Å². The quantitative estimate of drug-likeness (QED) is 0.813. The first kappa shape index (κ1) is 20.6. The summed E-state index contributed by atoms with van der Waals surface area (Å²) in [6.07, 6.45) is 1.20. The van der Waals surface area contributed by atoms with Gasteiger partial charge in [-0.25, -0.2) is 0 Å². The number of carbonyl (C=O) groups is 1. The van der Waals surface area contributed by atoms with Crippen LogP contribution in [0.4, 0.5) is 8.78 Å². The molecular weight excluding hydrogens is 342 g/mol. The molecule has 1 heterocycles.